The number of hydrogen-bond donors (Lipinski definition) is 0. The van der Waals surface area contributed by atoms with Crippen LogP contribution in [0, 0.1) is 13.8 Å². The van der Waals surface area contributed by atoms with Crippen molar-refractivity contribution in [2.24, 2.45) is 0 Å². The van der Waals surface area contributed by atoms with Crippen molar-refractivity contribution in [2.75, 3.05) is 0 Å². The number of benzene rings is 2. The molecule has 0 fully saturated rings. The van der Waals surface area contributed by atoms with Crippen LogP contribution in [0.2, 0.25) is 0 Å². The SMILES string of the molecule is Cc1ccc(C(=O)/C=C/c2ccc(Oc3cnccn3)cc2)cc1C. The number of aryl methyl sites for hydroxylation is 2. The summed E-state index contributed by atoms with van der Waals surface area (Å²) in [7, 11) is 0. The number of carbonyl (C=O) groups excluding carboxylic acids is 1. The van der Waals surface area contributed by atoms with Gasteiger partial charge in [0.15, 0.2) is 5.78 Å². The van der Waals surface area contributed by atoms with Crippen molar-refractivity contribution in [1.29, 1.82) is 0 Å². The standard InChI is InChI=1S/C21H18N2O2/c1-15-3-7-18(13-16(15)2)20(24)10-6-17-4-8-19(9-5-17)25-21-14-22-11-12-23-21/h3-14H,1-2H3/b10-6+. The van der Waals surface area contributed by atoms with E-state index < -0.39 is 0 Å². The summed E-state index contributed by atoms with van der Waals surface area (Å²) in [6, 6.07) is 13.2. The zero-order chi connectivity index (χ0) is 17.6. The summed E-state index contributed by atoms with van der Waals surface area (Å²) in [5.74, 6) is 1.09. The lowest BCUT2D eigenvalue weighted by Crippen LogP contribution is -1.95. The Hall–Kier alpha value is -3.27. The first kappa shape index (κ1) is 16.6. The molecule has 25 heavy (non-hydrogen) atoms. The summed E-state index contributed by atoms with van der Waals surface area (Å²) in [4.78, 5) is 20.3. The second kappa shape index (κ2) is 7.53. The van der Waals surface area contributed by atoms with Crippen LogP contribution in [0.25, 0.3) is 6.08 Å². The Morgan fingerprint density at radius 2 is 1.80 bits per heavy atom. The molecule has 4 nitrogen and oxygen atoms in total. The van der Waals surface area contributed by atoms with E-state index >= 15 is 0 Å². The van der Waals surface area contributed by atoms with Crippen LogP contribution >= 0.6 is 0 Å². The Kier molecular flexibility index (Phi) is 5.00. The number of allylic oxidation sites excluding steroid dienone is 1. The maximum absolute atomic E-state index is 12.3. The van der Waals surface area contributed by atoms with Crippen LogP contribution < -0.4 is 4.74 Å². The molecule has 0 spiro atoms. The van der Waals surface area contributed by atoms with Gasteiger partial charge in [-0.2, -0.15) is 0 Å². The van der Waals surface area contributed by atoms with Gasteiger partial charge in [-0.15, -0.1) is 0 Å². The molecule has 0 bridgehead atoms. The Morgan fingerprint density at radius 1 is 1.00 bits per heavy atom. The van der Waals surface area contributed by atoms with Gasteiger partial charge < -0.3 is 4.74 Å². The first-order valence-electron chi connectivity index (χ1n) is 7.95. The van der Waals surface area contributed by atoms with Gasteiger partial charge in [-0.1, -0.05) is 30.3 Å². The summed E-state index contributed by atoms with van der Waals surface area (Å²) in [6.07, 6.45) is 8.10. The van der Waals surface area contributed by atoms with Crippen LogP contribution in [0.1, 0.15) is 27.0 Å². The Bertz CT molecular complexity index is 901. The summed E-state index contributed by atoms with van der Waals surface area (Å²) in [5.41, 5.74) is 3.91. The monoisotopic (exact) mass is 330 g/mol. The van der Waals surface area contributed by atoms with Crippen molar-refractivity contribution >= 4 is 11.9 Å². The highest BCUT2D eigenvalue weighted by molar-refractivity contribution is 6.06. The van der Waals surface area contributed by atoms with E-state index in [4.69, 9.17) is 4.74 Å². The number of hydrogen-bond acceptors (Lipinski definition) is 4. The van der Waals surface area contributed by atoms with Crippen molar-refractivity contribution in [1.82, 2.24) is 9.97 Å². The number of carbonyl (C=O) groups is 1. The topological polar surface area (TPSA) is 52.1 Å². The highest BCUT2D eigenvalue weighted by Crippen LogP contribution is 2.19. The van der Waals surface area contributed by atoms with Crippen LogP contribution in [0.3, 0.4) is 0 Å². The number of ether oxygens (including phenoxy) is 1. The molecule has 0 radical (unpaired) electrons. The van der Waals surface area contributed by atoms with Crippen LogP contribution in [0.4, 0.5) is 0 Å². The minimum absolute atomic E-state index is 0.0111. The van der Waals surface area contributed by atoms with Crippen molar-refractivity contribution in [2.45, 2.75) is 13.8 Å². The lowest BCUT2D eigenvalue weighted by molar-refractivity contribution is 0.104. The van der Waals surface area contributed by atoms with E-state index in [2.05, 4.69) is 9.97 Å². The fraction of sp³-hybridized carbons (Fsp3) is 0.0952. The van der Waals surface area contributed by atoms with Gasteiger partial charge in [0.1, 0.15) is 5.75 Å². The molecule has 0 unspecified atom stereocenters. The van der Waals surface area contributed by atoms with Crippen molar-refractivity contribution in [3.8, 4) is 11.6 Å². The second-order valence-electron chi connectivity index (χ2n) is 5.71. The minimum Gasteiger partial charge on any atom is -0.438 e. The molecule has 3 rings (SSSR count). The van der Waals surface area contributed by atoms with Gasteiger partial charge >= 0.3 is 0 Å². The van der Waals surface area contributed by atoms with Gasteiger partial charge in [0.2, 0.25) is 5.88 Å². The van der Waals surface area contributed by atoms with Gasteiger partial charge in [0, 0.05) is 18.0 Å². The molecule has 0 aliphatic carbocycles. The normalized spacial score (nSPS) is 10.8. The highest BCUT2D eigenvalue weighted by atomic mass is 16.5. The van der Waals surface area contributed by atoms with Crippen LogP contribution in [-0.4, -0.2) is 15.8 Å². The summed E-state index contributed by atoms with van der Waals surface area (Å²) >= 11 is 0. The number of ketones is 1. The van der Waals surface area contributed by atoms with Gasteiger partial charge in [-0.05, 0) is 54.8 Å². The third kappa shape index (κ3) is 4.38. The molecule has 0 atom stereocenters. The third-order valence-electron chi connectivity index (χ3n) is 3.86. The highest BCUT2D eigenvalue weighted by Gasteiger charge is 2.03. The predicted molar refractivity (Wildman–Crippen MR) is 97.8 cm³/mol. The van der Waals surface area contributed by atoms with E-state index in [0.717, 1.165) is 11.1 Å². The van der Waals surface area contributed by atoms with Gasteiger partial charge in [0.05, 0.1) is 6.20 Å². The largest absolute Gasteiger partial charge is 0.438 e. The lowest BCUT2D eigenvalue weighted by Gasteiger charge is -2.04. The molecule has 0 aliphatic heterocycles. The molecule has 124 valence electrons. The van der Waals surface area contributed by atoms with Crippen molar-refractivity contribution in [3.05, 3.63) is 89.4 Å². The zero-order valence-electron chi connectivity index (χ0n) is 14.1. The maximum atomic E-state index is 12.3. The molecule has 0 aliphatic rings. The molecular weight excluding hydrogens is 312 g/mol. The molecule has 0 saturated heterocycles. The molecule has 2 aromatic carbocycles. The first-order valence-corrected chi connectivity index (χ1v) is 7.95. The van der Waals surface area contributed by atoms with Gasteiger partial charge in [-0.25, -0.2) is 4.98 Å². The van der Waals surface area contributed by atoms with E-state index in [0.29, 0.717) is 17.2 Å². The molecule has 1 heterocycles. The molecule has 4 heteroatoms. The molecule has 0 saturated carbocycles. The van der Waals surface area contributed by atoms with Gasteiger partial charge in [-0.3, -0.25) is 9.78 Å². The quantitative estimate of drug-likeness (QED) is 0.499. The van der Waals surface area contributed by atoms with E-state index in [1.807, 2.05) is 56.3 Å². The van der Waals surface area contributed by atoms with Crippen LogP contribution in [0.5, 0.6) is 11.6 Å². The summed E-state index contributed by atoms with van der Waals surface area (Å²) in [6.45, 7) is 4.04. The number of rotatable bonds is 5. The second-order valence-corrected chi connectivity index (χ2v) is 5.71. The Morgan fingerprint density at radius 3 is 2.48 bits per heavy atom. The smallest absolute Gasteiger partial charge is 0.237 e. The third-order valence-corrected chi connectivity index (χ3v) is 3.86. The average molecular weight is 330 g/mol. The van der Waals surface area contributed by atoms with E-state index in [-0.39, 0.29) is 5.78 Å². The maximum Gasteiger partial charge on any atom is 0.237 e. The molecule has 0 amide bonds. The van der Waals surface area contributed by atoms with E-state index in [1.54, 1.807) is 30.7 Å². The number of nitrogens with zero attached hydrogens (tertiary/aromatic N) is 2. The fourth-order valence-corrected chi connectivity index (χ4v) is 2.27. The minimum atomic E-state index is -0.0111. The van der Waals surface area contributed by atoms with Crippen LogP contribution in [0.15, 0.2) is 67.1 Å². The van der Waals surface area contributed by atoms with Gasteiger partial charge in [0.25, 0.3) is 0 Å². The Balaban J connectivity index is 1.67. The lowest BCUT2D eigenvalue weighted by atomic mass is 10.0. The van der Waals surface area contributed by atoms with Crippen molar-refractivity contribution in [3.63, 3.8) is 0 Å². The van der Waals surface area contributed by atoms with Crippen molar-refractivity contribution < 1.29 is 9.53 Å². The summed E-state index contributed by atoms with van der Waals surface area (Å²) in [5, 5.41) is 0. The molecular formula is C21H18N2O2. The fourth-order valence-electron chi connectivity index (χ4n) is 2.27. The zero-order valence-corrected chi connectivity index (χ0v) is 14.1. The molecule has 1 aromatic heterocycles. The Labute approximate surface area is 146 Å². The first-order chi connectivity index (χ1) is 12.1. The molecule has 3 aromatic rings. The van der Waals surface area contributed by atoms with E-state index in [1.165, 1.54) is 5.56 Å². The summed E-state index contributed by atoms with van der Waals surface area (Å²) < 4.78 is 5.59. The number of aromatic nitrogens is 2. The predicted octanol–water partition coefficient (Wildman–Crippen LogP) is 4.78. The van der Waals surface area contributed by atoms with Crippen LogP contribution in [-0.2, 0) is 0 Å². The molecule has 0 N–H and O–H groups in total. The average Bonchev–Trinajstić information content (AvgIpc) is 2.64. The van der Waals surface area contributed by atoms with E-state index in [9.17, 15) is 4.79 Å².